The van der Waals surface area contributed by atoms with E-state index < -0.39 is 5.91 Å². The summed E-state index contributed by atoms with van der Waals surface area (Å²) in [6.45, 7) is 1.40. The largest absolute Gasteiger partial charge is 0.497 e. The van der Waals surface area contributed by atoms with Crippen molar-refractivity contribution in [3.05, 3.63) is 66.4 Å². The van der Waals surface area contributed by atoms with Crippen LogP contribution in [0.25, 0.3) is 0 Å². The second-order valence-corrected chi connectivity index (χ2v) is 7.34. The molecule has 2 aromatic heterocycles. The smallest absolute Gasteiger partial charge is 0.291 e. The summed E-state index contributed by atoms with van der Waals surface area (Å²) in [6.07, 6.45) is 4.42. The van der Waals surface area contributed by atoms with E-state index in [1.54, 1.807) is 30.3 Å². The van der Waals surface area contributed by atoms with Crippen molar-refractivity contribution in [1.82, 2.24) is 19.6 Å². The number of benzene rings is 1. The number of nitrogens with one attached hydrogen (secondary N) is 1. The molecule has 1 aromatic carbocycles. The highest BCUT2D eigenvalue weighted by atomic mass is 16.5. The highest BCUT2D eigenvalue weighted by Crippen LogP contribution is 2.15. The second kappa shape index (κ2) is 9.38. The lowest BCUT2D eigenvalue weighted by atomic mass is 10.2. The predicted molar refractivity (Wildman–Crippen MR) is 114 cm³/mol. The van der Waals surface area contributed by atoms with Crippen LogP contribution in [0.2, 0.25) is 0 Å². The zero-order valence-corrected chi connectivity index (χ0v) is 17.6. The molecule has 1 saturated heterocycles. The van der Waals surface area contributed by atoms with Gasteiger partial charge in [0.15, 0.2) is 5.76 Å². The summed E-state index contributed by atoms with van der Waals surface area (Å²) < 4.78 is 11.6. The van der Waals surface area contributed by atoms with Crippen molar-refractivity contribution in [3.63, 3.8) is 0 Å². The van der Waals surface area contributed by atoms with E-state index in [2.05, 4.69) is 10.4 Å². The van der Waals surface area contributed by atoms with Crippen LogP contribution in [-0.4, -0.2) is 64.0 Å². The predicted octanol–water partition coefficient (Wildman–Crippen LogP) is 1.61. The third kappa shape index (κ3) is 4.97. The highest BCUT2D eigenvalue weighted by molar-refractivity contribution is 6.02. The van der Waals surface area contributed by atoms with Crippen LogP contribution in [-0.2, 0) is 22.7 Å². The standard InChI is InChI=1S/C22H23N5O5/c1-31-18-6-4-16(5-7-18)12-25-8-9-26(14-20(25)28)21(29)15-27-13-17(11-23-27)24-22(30)19-3-2-10-32-19/h2-7,10-11,13H,8-9,12,14-15H2,1H3,(H,24,30). The number of rotatable bonds is 7. The van der Waals surface area contributed by atoms with Gasteiger partial charge in [-0.1, -0.05) is 12.1 Å². The summed E-state index contributed by atoms with van der Waals surface area (Å²) in [5.41, 5.74) is 1.44. The zero-order chi connectivity index (χ0) is 22.5. The van der Waals surface area contributed by atoms with Gasteiger partial charge in [-0.2, -0.15) is 5.10 Å². The normalized spacial score (nSPS) is 13.8. The van der Waals surface area contributed by atoms with E-state index >= 15 is 0 Å². The summed E-state index contributed by atoms with van der Waals surface area (Å²) >= 11 is 0. The topological polar surface area (TPSA) is 110 Å². The van der Waals surface area contributed by atoms with Crippen LogP contribution in [0.3, 0.4) is 0 Å². The van der Waals surface area contributed by atoms with Gasteiger partial charge in [0.05, 0.1) is 31.8 Å². The Balaban J connectivity index is 1.28. The molecule has 3 heterocycles. The molecule has 1 aliphatic rings. The van der Waals surface area contributed by atoms with E-state index in [0.29, 0.717) is 25.3 Å². The Labute approximate surface area is 184 Å². The SMILES string of the molecule is COc1ccc(CN2CCN(C(=O)Cn3cc(NC(=O)c4ccco4)cn3)CC2=O)cc1. The van der Waals surface area contributed by atoms with Crippen LogP contribution in [0, 0.1) is 0 Å². The second-order valence-electron chi connectivity index (χ2n) is 7.34. The fraction of sp³-hybridized carbons (Fsp3) is 0.273. The molecule has 0 unspecified atom stereocenters. The first-order valence-electron chi connectivity index (χ1n) is 10.1. The molecule has 32 heavy (non-hydrogen) atoms. The van der Waals surface area contributed by atoms with Gasteiger partial charge in [-0.05, 0) is 29.8 Å². The fourth-order valence-corrected chi connectivity index (χ4v) is 3.39. The number of anilines is 1. The van der Waals surface area contributed by atoms with Crippen molar-refractivity contribution in [3.8, 4) is 5.75 Å². The number of piperazine rings is 1. The van der Waals surface area contributed by atoms with Crippen LogP contribution in [0.4, 0.5) is 5.69 Å². The Morgan fingerprint density at radius 1 is 1.19 bits per heavy atom. The summed E-state index contributed by atoms with van der Waals surface area (Å²) in [5.74, 6) is 0.221. The maximum absolute atomic E-state index is 12.6. The van der Waals surface area contributed by atoms with Gasteiger partial charge in [0.25, 0.3) is 5.91 Å². The Morgan fingerprint density at radius 2 is 2.00 bits per heavy atom. The molecule has 10 nitrogen and oxygen atoms in total. The maximum Gasteiger partial charge on any atom is 0.291 e. The van der Waals surface area contributed by atoms with Gasteiger partial charge in [0, 0.05) is 25.8 Å². The molecular formula is C22H23N5O5. The number of nitrogens with zero attached hydrogens (tertiary/aromatic N) is 4. The van der Waals surface area contributed by atoms with Crippen molar-refractivity contribution in [2.45, 2.75) is 13.1 Å². The number of carbonyl (C=O) groups excluding carboxylic acids is 3. The quantitative estimate of drug-likeness (QED) is 0.601. The lowest BCUT2D eigenvalue weighted by Gasteiger charge is -2.34. The van der Waals surface area contributed by atoms with Crippen molar-refractivity contribution in [2.24, 2.45) is 0 Å². The minimum atomic E-state index is -0.403. The van der Waals surface area contributed by atoms with E-state index in [1.807, 2.05) is 24.3 Å². The van der Waals surface area contributed by atoms with Crippen LogP contribution in [0.5, 0.6) is 5.75 Å². The molecule has 1 N–H and O–H groups in total. The van der Waals surface area contributed by atoms with E-state index in [1.165, 1.54) is 22.0 Å². The first kappa shape index (κ1) is 21.2. The summed E-state index contributed by atoms with van der Waals surface area (Å²) in [5, 5.41) is 6.76. The fourth-order valence-electron chi connectivity index (χ4n) is 3.39. The molecule has 0 atom stereocenters. The lowest BCUT2D eigenvalue weighted by Crippen LogP contribution is -2.52. The first-order chi connectivity index (χ1) is 15.5. The molecule has 166 valence electrons. The monoisotopic (exact) mass is 437 g/mol. The van der Waals surface area contributed by atoms with Gasteiger partial charge in [-0.25, -0.2) is 0 Å². The number of amides is 3. The minimum Gasteiger partial charge on any atom is -0.497 e. The average molecular weight is 437 g/mol. The number of hydrogen-bond donors (Lipinski definition) is 1. The van der Waals surface area contributed by atoms with Crippen LogP contribution in [0.1, 0.15) is 16.1 Å². The van der Waals surface area contributed by atoms with Crippen LogP contribution >= 0.6 is 0 Å². The Morgan fingerprint density at radius 3 is 2.69 bits per heavy atom. The number of carbonyl (C=O) groups is 3. The Bertz CT molecular complexity index is 1090. The van der Waals surface area contributed by atoms with Gasteiger partial charge >= 0.3 is 0 Å². The number of methoxy groups -OCH3 is 1. The molecule has 1 fully saturated rings. The van der Waals surface area contributed by atoms with Gasteiger partial charge in [0.1, 0.15) is 12.3 Å². The molecule has 0 spiro atoms. The number of hydrogen-bond acceptors (Lipinski definition) is 6. The summed E-state index contributed by atoms with van der Waals surface area (Å²) in [6, 6.07) is 10.7. The Hall–Kier alpha value is -4.08. The van der Waals surface area contributed by atoms with Crippen molar-refractivity contribution < 1.29 is 23.5 Å². The molecule has 0 radical (unpaired) electrons. The van der Waals surface area contributed by atoms with Gasteiger partial charge in [-0.15, -0.1) is 0 Å². The summed E-state index contributed by atoms with van der Waals surface area (Å²) in [7, 11) is 1.61. The van der Waals surface area contributed by atoms with Gasteiger partial charge in [-0.3, -0.25) is 19.1 Å². The molecule has 1 aliphatic heterocycles. The molecule has 3 amide bonds. The van der Waals surface area contributed by atoms with Crippen molar-refractivity contribution in [2.75, 3.05) is 32.1 Å². The van der Waals surface area contributed by atoms with Crippen molar-refractivity contribution >= 4 is 23.4 Å². The zero-order valence-electron chi connectivity index (χ0n) is 17.6. The molecule has 4 rings (SSSR count). The number of ether oxygens (including phenoxy) is 1. The molecule has 0 saturated carbocycles. The summed E-state index contributed by atoms with van der Waals surface area (Å²) in [4.78, 5) is 40.5. The first-order valence-corrected chi connectivity index (χ1v) is 10.1. The molecule has 0 bridgehead atoms. The number of furan rings is 1. The van der Waals surface area contributed by atoms with Gasteiger partial charge in [0.2, 0.25) is 11.8 Å². The van der Waals surface area contributed by atoms with E-state index in [0.717, 1.165) is 11.3 Å². The number of aromatic nitrogens is 2. The highest BCUT2D eigenvalue weighted by Gasteiger charge is 2.27. The average Bonchev–Trinajstić information content (AvgIpc) is 3.48. The van der Waals surface area contributed by atoms with E-state index in [4.69, 9.17) is 9.15 Å². The third-order valence-electron chi connectivity index (χ3n) is 5.14. The molecular weight excluding hydrogens is 414 g/mol. The van der Waals surface area contributed by atoms with Crippen LogP contribution < -0.4 is 10.1 Å². The van der Waals surface area contributed by atoms with E-state index in [-0.39, 0.29) is 30.7 Å². The third-order valence-corrected chi connectivity index (χ3v) is 5.14. The maximum atomic E-state index is 12.6. The van der Waals surface area contributed by atoms with Crippen molar-refractivity contribution in [1.29, 1.82) is 0 Å². The van der Waals surface area contributed by atoms with Crippen LogP contribution in [0.15, 0.2) is 59.5 Å². The molecule has 10 heteroatoms. The van der Waals surface area contributed by atoms with Gasteiger partial charge < -0.3 is 24.3 Å². The lowest BCUT2D eigenvalue weighted by molar-refractivity contribution is -0.146. The minimum absolute atomic E-state index is 0.0254. The van der Waals surface area contributed by atoms with E-state index in [9.17, 15) is 14.4 Å². The molecule has 3 aromatic rings. The molecule has 0 aliphatic carbocycles. The Kier molecular flexibility index (Phi) is 6.20.